The molecular weight excluding hydrogens is 492 g/mol. The number of esters is 1. The van der Waals surface area contributed by atoms with Crippen LogP contribution in [0.2, 0.25) is 0 Å². The highest BCUT2D eigenvalue weighted by Crippen LogP contribution is 2.32. The van der Waals surface area contributed by atoms with Crippen molar-refractivity contribution in [3.05, 3.63) is 64.7 Å². The molecule has 0 fully saturated rings. The third-order valence-corrected chi connectivity index (χ3v) is 6.74. The fraction of sp³-hybridized carbons (Fsp3) is 0.533. The zero-order chi connectivity index (χ0) is 28.1. The van der Waals surface area contributed by atoms with Crippen LogP contribution in [0.3, 0.4) is 0 Å². The number of aliphatic carboxylic acids is 1. The zero-order valence-corrected chi connectivity index (χ0v) is 22.9. The van der Waals surface area contributed by atoms with E-state index in [4.69, 9.17) is 14.6 Å². The van der Waals surface area contributed by atoms with Gasteiger partial charge in [-0.25, -0.2) is 4.39 Å². The minimum Gasteiger partial charge on any atom is -0.486 e. The Balaban J connectivity index is 1.66. The van der Waals surface area contributed by atoms with Gasteiger partial charge in [0.2, 0.25) is 5.82 Å². The molecule has 6 nitrogen and oxygen atoms in total. The zero-order valence-electron chi connectivity index (χ0n) is 22.9. The number of carbonyl (C=O) groups is 2. The first-order valence-corrected chi connectivity index (χ1v) is 13.1. The maximum atomic E-state index is 14.5. The van der Waals surface area contributed by atoms with Crippen molar-refractivity contribution in [1.82, 2.24) is 5.32 Å². The molecule has 2 aromatic rings. The SMILES string of the molecule is CC(C)(CC1Cc2ccccc2C1)NC[C@H](COc1cc(CCC(=O)O)cc(F)c1F)OC(=O)C(C)(C)C. The number of halogens is 2. The summed E-state index contributed by atoms with van der Waals surface area (Å²) in [5.74, 6) is -3.61. The lowest BCUT2D eigenvalue weighted by Gasteiger charge is -2.32. The standard InChI is InChI=1S/C30H39F2NO5/c1-29(2,3)28(36)38-23(18-37-25-15-19(10-11-26(34)35)14-24(31)27(25)32)17-33-30(4,5)16-20-12-21-8-6-7-9-22(21)13-20/h6-9,14-15,20,23,33H,10-13,16-18H2,1-5H3,(H,34,35)/t23-/m1/s1. The van der Waals surface area contributed by atoms with Crippen LogP contribution in [0.4, 0.5) is 8.78 Å². The third-order valence-electron chi connectivity index (χ3n) is 6.74. The average molecular weight is 532 g/mol. The number of aryl methyl sites for hydroxylation is 1. The van der Waals surface area contributed by atoms with Crippen LogP contribution < -0.4 is 10.1 Å². The quantitative estimate of drug-likeness (QED) is 0.352. The lowest BCUT2D eigenvalue weighted by molar-refractivity contribution is -0.160. The minimum atomic E-state index is -1.17. The predicted molar refractivity (Wildman–Crippen MR) is 141 cm³/mol. The normalized spacial score (nSPS) is 14.7. The van der Waals surface area contributed by atoms with E-state index in [0.29, 0.717) is 11.5 Å². The van der Waals surface area contributed by atoms with Crippen LogP contribution in [0.5, 0.6) is 5.75 Å². The van der Waals surface area contributed by atoms with Crippen LogP contribution in [0.1, 0.15) is 64.2 Å². The second-order valence-electron chi connectivity index (χ2n) is 11.9. The number of hydrogen-bond acceptors (Lipinski definition) is 5. The summed E-state index contributed by atoms with van der Waals surface area (Å²) < 4.78 is 39.9. The molecule has 208 valence electrons. The van der Waals surface area contributed by atoms with E-state index < -0.39 is 35.1 Å². The van der Waals surface area contributed by atoms with Gasteiger partial charge in [-0.1, -0.05) is 24.3 Å². The van der Waals surface area contributed by atoms with Gasteiger partial charge in [0.15, 0.2) is 11.6 Å². The van der Waals surface area contributed by atoms with Crippen LogP contribution >= 0.6 is 0 Å². The van der Waals surface area contributed by atoms with E-state index in [1.807, 2.05) is 0 Å². The van der Waals surface area contributed by atoms with Gasteiger partial charge in [0.25, 0.3) is 0 Å². The number of nitrogens with one attached hydrogen (secondary N) is 1. The summed E-state index contributed by atoms with van der Waals surface area (Å²) in [6.07, 6.45) is 2.01. The number of rotatable bonds is 12. The van der Waals surface area contributed by atoms with Crippen LogP contribution in [0.15, 0.2) is 36.4 Å². The molecule has 1 aliphatic rings. The lowest BCUT2D eigenvalue weighted by Crippen LogP contribution is -2.47. The molecule has 1 aliphatic carbocycles. The summed E-state index contributed by atoms with van der Waals surface area (Å²) in [7, 11) is 0. The molecule has 0 radical (unpaired) electrons. The molecule has 2 aromatic carbocycles. The number of benzene rings is 2. The summed E-state index contributed by atoms with van der Waals surface area (Å²) in [5, 5.41) is 12.4. The van der Waals surface area contributed by atoms with Gasteiger partial charge in [-0.2, -0.15) is 4.39 Å². The smallest absolute Gasteiger partial charge is 0.311 e. The van der Waals surface area contributed by atoms with Crippen molar-refractivity contribution in [1.29, 1.82) is 0 Å². The maximum absolute atomic E-state index is 14.5. The first-order chi connectivity index (χ1) is 17.7. The maximum Gasteiger partial charge on any atom is 0.311 e. The van der Waals surface area contributed by atoms with Crippen molar-refractivity contribution in [3.8, 4) is 5.75 Å². The van der Waals surface area contributed by atoms with Crippen LogP contribution in [-0.2, 0) is 33.6 Å². The number of hydrogen-bond donors (Lipinski definition) is 2. The Morgan fingerprint density at radius 3 is 2.29 bits per heavy atom. The molecule has 0 amide bonds. The molecule has 0 saturated heterocycles. The van der Waals surface area contributed by atoms with Gasteiger partial charge in [-0.05, 0) is 95.0 Å². The predicted octanol–water partition coefficient (Wildman–Crippen LogP) is 5.49. The van der Waals surface area contributed by atoms with E-state index in [1.165, 1.54) is 17.2 Å². The number of carboxylic acid groups (broad SMARTS) is 1. The Bertz CT molecular complexity index is 1120. The summed E-state index contributed by atoms with van der Waals surface area (Å²) in [5.41, 5.74) is 2.06. The van der Waals surface area contributed by atoms with Gasteiger partial charge in [0.1, 0.15) is 12.7 Å². The van der Waals surface area contributed by atoms with E-state index in [1.54, 1.807) is 20.8 Å². The lowest BCUT2D eigenvalue weighted by atomic mass is 9.88. The van der Waals surface area contributed by atoms with Crippen molar-refractivity contribution >= 4 is 11.9 Å². The molecule has 0 aliphatic heterocycles. The third kappa shape index (κ3) is 8.51. The largest absolute Gasteiger partial charge is 0.486 e. The van der Waals surface area contributed by atoms with Gasteiger partial charge in [0, 0.05) is 18.5 Å². The number of carbonyl (C=O) groups excluding carboxylic acids is 1. The van der Waals surface area contributed by atoms with Gasteiger partial charge in [-0.3, -0.25) is 9.59 Å². The summed E-state index contributed by atoms with van der Waals surface area (Å²) in [4.78, 5) is 23.5. The van der Waals surface area contributed by atoms with E-state index in [9.17, 15) is 18.4 Å². The molecule has 8 heteroatoms. The fourth-order valence-electron chi connectivity index (χ4n) is 4.74. The molecule has 0 unspecified atom stereocenters. The van der Waals surface area contributed by atoms with Gasteiger partial charge in [0.05, 0.1) is 5.41 Å². The Kier molecular flexibility index (Phi) is 9.52. The molecule has 0 heterocycles. The Labute approximate surface area is 223 Å². The van der Waals surface area contributed by atoms with E-state index in [2.05, 4.69) is 43.4 Å². The second-order valence-corrected chi connectivity index (χ2v) is 11.9. The highest BCUT2D eigenvalue weighted by atomic mass is 19.2. The molecule has 0 bridgehead atoms. The van der Waals surface area contributed by atoms with Crippen molar-refractivity contribution < 1.29 is 33.0 Å². The van der Waals surface area contributed by atoms with E-state index in [0.717, 1.165) is 25.3 Å². The fourth-order valence-corrected chi connectivity index (χ4v) is 4.74. The van der Waals surface area contributed by atoms with Crippen LogP contribution in [-0.4, -0.2) is 41.8 Å². The topological polar surface area (TPSA) is 84.9 Å². The highest BCUT2D eigenvalue weighted by Gasteiger charge is 2.31. The second kappa shape index (κ2) is 12.2. The first-order valence-electron chi connectivity index (χ1n) is 13.1. The van der Waals surface area contributed by atoms with E-state index >= 15 is 0 Å². The Morgan fingerprint density at radius 1 is 1.08 bits per heavy atom. The van der Waals surface area contributed by atoms with Crippen LogP contribution in [0.25, 0.3) is 0 Å². The van der Waals surface area contributed by atoms with Gasteiger partial charge in [-0.15, -0.1) is 0 Å². The van der Waals surface area contributed by atoms with E-state index in [-0.39, 0.29) is 37.3 Å². The molecular formula is C30H39F2NO5. The van der Waals surface area contributed by atoms with Gasteiger partial charge >= 0.3 is 11.9 Å². The summed E-state index contributed by atoms with van der Waals surface area (Å²) >= 11 is 0. The Morgan fingerprint density at radius 2 is 1.71 bits per heavy atom. The van der Waals surface area contributed by atoms with Crippen molar-refractivity contribution in [3.63, 3.8) is 0 Å². The van der Waals surface area contributed by atoms with Crippen molar-refractivity contribution in [2.24, 2.45) is 11.3 Å². The molecule has 2 N–H and O–H groups in total. The molecule has 38 heavy (non-hydrogen) atoms. The minimum absolute atomic E-state index is 0.0338. The first kappa shape index (κ1) is 29.6. The molecule has 0 saturated carbocycles. The molecule has 3 rings (SSSR count). The molecule has 1 atom stereocenters. The average Bonchev–Trinajstić information content (AvgIpc) is 3.22. The number of fused-ring (bicyclic) bond motifs is 1. The number of carboxylic acids is 1. The molecule has 0 spiro atoms. The Hall–Kier alpha value is -3.00. The number of ether oxygens (including phenoxy) is 2. The van der Waals surface area contributed by atoms with Crippen molar-refractivity contribution in [2.75, 3.05) is 13.2 Å². The van der Waals surface area contributed by atoms with Crippen LogP contribution in [0, 0.1) is 23.0 Å². The highest BCUT2D eigenvalue weighted by molar-refractivity contribution is 5.75. The molecule has 0 aromatic heterocycles. The van der Waals surface area contributed by atoms with Gasteiger partial charge < -0.3 is 19.9 Å². The summed E-state index contributed by atoms with van der Waals surface area (Å²) in [6.45, 7) is 9.48. The summed E-state index contributed by atoms with van der Waals surface area (Å²) in [6, 6.07) is 10.7. The monoisotopic (exact) mass is 531 g/mol. The van der Waals surface area contributed by atoms with Crippen molar-refractivity contribution in [2.45, 2.75) is 78.4 Å².